The first-order valence-corrected chi connectivity index (χ1v) is 6.19. The minimum absolute atomic E-state index is 0.0709. The van der Waals surface area contributed by atoms with E-state index in [2.05, 4.69) is 21.2 Å². The Morgan fingerprint density at radius 2 is 2.35 bits per heavy atom. The van der Waals surface area contributed by atoms with Gasteiger partial charge in [-0.3, -0.25) is 10.1 Å². The van der Waals surface area contributed by atoms with Gasteiger partial charge in [0.2, 0.25) is 0 Å². The Morgan fingerprint density at radius 1 is 1.59 bits per heavy atom. The van der Waals surface area contributed by atoms with Crippen molar-refractivity contribution in [3.8, 4) is 0 Å². The number of nitrogens with zero attached hydrogens (tertiary/aromatic N) is 1. The number of rotatable bonds is 3. The van der Waals surface area contributed by atoms with E-state index in [4.69, 9.17) is 4.74 Å². The highest BCUT2D eigenvalue weighted by atomic mass is 79.9. The molecule has 2 rings (SSSR count). The molecule has 6 heteroatoms. The number of benzene rings is 1. The highest BCUT2D eigenvalue weighted by Gasteiger charge is 2.24. The molecular weight excluding hydrogens is 288 g/mol. The Morgan fingerprint density at radius 3 is 2.94 bits per heavy atom. The van der Waals surface area contributed by atoms with E-state index in [0.717, 1.165) is 18.7 Å². The number of nitro benzene ring substituents is 1. The minimum atomic E-state index is -0.399. The molecule has 0 radical (unpaired) electrons. The van der Waals surface area contributed by atoms with E-state index in [1.807, 2.05) is 13.0 Å². The van der Waals surface area contributed by atoms with Crippen LogP contribution in [0.15, 0.2) is 22.7 Å². The summed E-state index contributed by atoms with van der Waals surface area (Å²) in [6.07, 6.45) is 1.06. The highest BCUT2D eigenvalue weighted by molar-refractivity contribution is 9.10. The maximum Gasteiger partial charge on any atom is 0.285 e. The molecule has 1 fully saturated rings. The fraction of sp³-hybridized carbons (Fsp3) is 0.455. The lowest BCUT2D eigenvalue weighted by Crippen LogP contribution is -2.26. The van der Waals surface area contributed by atoms with Crippen LogP contribution >= 0.6 is 15.9 Å². The van der Waals surface area contributed by atoms with Crippen LogP contribution in [0, 0.1) is 10.1 Å². The molecule has 1 saturated heterocycles. The van der Waals surface area contributed by atoms with Gasteiger partial charge in [0, 0.05) is 18.4 Å². The van der Waals surface area contributed by atoms with E-state index in [-0.39, 0.29) is 17.8 Å². The van der Waals surface area contributed by atoms with Gasteiger partial charge >= 0.3 is 0 Å². The van der Waals surface area contributed by atoms with Gasteiger partial charge in [0.1, 0.15) is 0 Å². The van der Waals surface area contributed by atoms with Crippen molar-refractivity contribution in [2.45, 2.75) is 25.5 Å². The lowest BCUT2D eigenvalue weighted by molar-refractivity contribution is -0.385. The van der Waals surface area contributed by atoms with Crippen molar-refractivity contribution in [2.24, 2.45) is 0 Å². The van der Waals surface area contributed by atoms with Gasteiger partial charge in [0.05, 0.1) is 21.5 Å². The van der Waals surface area contributed by atoms with Crippen LogP contribution in [0.5, 0.6) is 0 Å². The maximum atomic E-state index is 10.8. The first-order valence-electron chi connectivity index (χ1n) is 5.40. The minimum Gasteiger partial charge on any atom is -0.379 e. The van der Waals surface area contributed by atoms with E-state index >= 15 is 0 Å². The zero-order valence-corrected chi connectivity index (χ0v) is 10.9. The average Bonchev–Trinajstić information content (AvgIpc) is 2.67. The predicted octanol–water partition coefficient (Wildman–Crippen LogP) is 2.95. The Labute approximate surface area is 107 Å². The summed E-state index contributed by atoms with van der Waals surface area (Å²) in [6, 6.07) is 5.26. The molecule has 1 N–H and O–H groups in total. The number of nitrogens with one attached hydrogen (secondary N) is 1. The first-order chi connectivity index (χ1) is 8.08. The molecule has 0 bridgehead atoms. The van der Waals surface area contributed by atoms with Crippen LogP contribution in [-0.4, -0.2) is 23.7 Å². The summed E-state index contributed by atoms with van der Waals surface area (Å²) in [5.74, 6) is 0. The fourth-order valence-electron chi connectivity index (χ4n) is 1.88. The van der Waals surface area contributed by atoms with Crippen LogP contribution in [0.4, 0.5) is 11.4 Å². The van der Waals surface area contributed by atoms with E-state index < -0.39 is 4.92 Å². The summed E-state index contributed by atoms with van der Waals surface area (Å²) >= 11 is 3.16. The Balaban J connectivity index is 2.16. The molecule has 1 aromatic rings. The Kier molecular flexibility index (Phi) is 3.63. The van der Waals surface area contributed by atoms with Crippen LogP contribution in [0.2, 0.25) is 0 Å². The highest BCUT2D eigenvalue weighted by Crippen LogP contribution is 2.29. The van der Waals surface area contributed by atoms with Gasteiger partial charge < -0.3 is 10.1 Å². The van der Waals surface area contributed by atoms with Crippen molar-refractivity contribution < 1.29 is 9.66 Å². The molecule has 1 aliphatic rings. The average molecular weight is 301 g/mol. The molecule has 2 unspecified atom stereocenters. The van der Waals surface area contributed by atoms with Gasteiger partial charge in [-0.05, 0) is 41.4 Å². The SMILES string of the molecule is CC1OCCC1Nc1ccc(Br)c([N+](=O)[O-])c1. The zero-order valence-electron chi connectivity index (χ0n) is 9.35. The van der Waals surface area contributed by atoms with Gasteiger partial charge in [-0.25, -0.2) is 0 Å². The first kappa shape index (κ1) is 12.3. The Hall–Kier alpha value is -1.14. The molecular formula is C11H13BrN2O3. The summed E-state index contributed by atoms with van der Waals surface area (Å²) in [6.45, 7) is 2.73. The van der Waals surface area contributed by atoms with Crippen molar-refractivity contribution in [1.82, 2.24) is 0 Å². The number of hydrogen-bond donors (Lipinski definition) is 1. The predicted molar refractivity (Wildman–Crippen MR) is 68.2 cm³/mol. The van der Waals surface area contributed by atoms with Crippen molar-refractivity contribution in [3.63, 3.8) is 0 Å². The smallest absolute Gasteiger partial charge is 0.285 e. The second-order valence-electron chi connectivity index (χ2n) is 4.04. The summed E-state index contributed by atoms with van der Waals surface area (Å²) in [7, 11) is 0. The van der Waals surface area contributed by atoms with Gasteiger partial charge in [0.25, 0.3) is 5.69 Å². The van der Waals surface area contributed by atoms with Crippen LogP contribution in [0.3, 0.4) is 0 Å². The zero-order chi connectivity index (χ0) is 12.4. The molecule has 1 aromatic carbocycles. The molecule has 0 aliphatic carbocycles. The fourth-order valence-corrected chi connectivity index (χ4v) is 2.27. The van der Waals surface area contributed by atoms with Gasteiger partial charge in [0.15, 0.2) is 0 Å². The molecule has 92 valence electrons. The van der Waals surface area contributed by atoms with Crippen molar-refractivity contribution in [2.75, 3.05) is 11.9 Å². The van der Waals surface area contributed by atoms with Crippen LogP contribution in [0.25, 0.3) is 0 Å². The normalized spacial score (nSPS) is 23.6. The third-order valence-corrected chi connectivity index (χ3v) is 3.54. The second-order valence-corrected chi connectivity index (χ2v) is 4.89. The molecule has 0 amide bonds. The number of ether oxygens (including phenoxy) is 1. The third kappa shape index (κ3) is 2.76. The van der Waals surface area contributed by atoms with Gasteiger partial charge in [-0.15, -0.1) is 0 Å². The molecule has 0 aromatic heterocycles. The molecule has 0 saturated carbocycles. The van der Waals surface area contributed by atoms with Crippen molar-refractivity contribution >= 4 is 27.3 Å². The quantitative estimate of drug-likeness (QED) is 0.688. The van der Waals surface area contributed by atoms with E-state index in [1.165, 1.54) is 6.07 Å². The van der Waals surface area contributed by atoms with E-state index in [9.17, 15) is 10.1 Å². The van der Waals surface area contributed by atoms with Crippen molar-refractivity contribution in [3.05, 3.63) is 32.8 Å². The monoisotopic (exact) mass is 300 g/mol. The molecule has 0 spiro atoms. The number of anilines is 1. The number of halogens is 1. The number of hydrogen-bond acceptors (Lipinski definition) is 4. The third-order valence-electron chi connectivity index (χ3n) is 2.87. The molecule has 5 nitrogen and oxygen atoms in total. The molecule has 2 atom stereocenters. The van der Waals surface area contributed by atoms with Crippen LogP contribution < -0.4 is 5.32 Å². The molecule has 1 heterocycles. The van der Waals surface area contributed by atoms with E-state index in [1.54, 1.807) is 6.07 Å². The van der Waals surface area contributed by atoms with E-state index in [0.29, 0.717) is 4.47 Å². The van der Waals surface area contributed by atoms with Gasteiger partial charge in [-0.2, -0.15) is 0 Å². The largest absolute Gasteiger partial charge is 0.379 e. The summed E-state index contributed by atoms with van der Waals surface area (Å²) in [5.41, 5.74) is 0.823. The van der Waals surface area contributed by atoms with Crippen LogP contribution in [-0.2, 0) is 4.74 Å². The van der Waals surface area contributed by atoms with Crippen molar-refractivity contribution in [1.29, 1.82) is 0 Å². The van der Waals surface area contributed by atoms with Crippen LogP contribution in [0.1, 0.15) is 13.3 Å². The molecule has 17 heavy (non-hydrogen) atoms. The summed E-state index contributed by atoms with van der Waals surface area (Å²) in [4.78, 5) is 10.4. The lowest BCUT2D eigenvalue weighted by atomic mass is 10.1. The molecule has 1 aliphatic heterocycles. The second kappa shape index (κ2) is 5.01. The van der Waals surface area contributed by atoms with Gasteiger partial charge in [-0.1, -0.05) is 0 Å². The number of nitro groups is 1. The maximum absolute atomic E-state index is 10.8. The lowest BCUT2D eigenvalue weighted by Gasteiger charge is -2.17. The standard InChI is InChI=1S/C11H13BrN2O3/c1-7-10(4-5-17-7)13-8-2-3-9(12)11(6-8)14(15)16/h2-3,6-7,10,13H,4-5H2,1H3. The Bertz CT molecular complexity index is 439. The summed E-state index contributed by atoms with van der Waals surface area (Å²) < 4.78 is 5.92. The summed E-state index contributed by atoms with van der Waals surface area (Å²) in [5, 5.41) is 14.1. The topological polar surface area (TPSA) is 64.4 Å².